The van der Waals surface area contributed by atoms with E-state index in [1.54, 1.807) is 0 Å². The van der Waals surface area contributed by atoms with Crippen LogP contribution < -0.4 is 5.32 Å². The number of carbonyl (C=O) groups excluding carboxylic acids is 1. The van der Waals surface area contributed by atoms with E-state index in [0.717, 1.165) is 19.0 Å². The van der Waals surface area contributed by atoms with Crippen molar-refractivity contribution in [3.8, 4) is 0 Å². The maximum atomic E-state index is 12.3. The van der Waals surface area contributed by atoms with Crippen LogP contribution in [-0.4, -0.2) is 42.5 Å². The quantitative estimate of drug-likeness (QED) is 0.826. The molecule has 0 unspecified atom stereocenters. The lowest BCUT2D eigenvalue weighted by Gasteiger charge is -2.30. The van der Waals surface area contributed by atoms with E-state index in [9.17, 15) is 4.79 Å². The first kappa shape index (κ1) is 19.2. The van der Waals surface area contributed by atoms with Crippen molar-refractivity contribution in [2.45, 2.75) is 58.5 Å². The molecule has 1 aliphatic heterocycles. The smallest absolute Gasteiger partial charge is 0.317 e. The van der Waals surface area contributed by atoms with Crippen molar-refractivity contribution in [2.75, 3.05) is 26.7 Å². The van der Waals surface area contributed by atoms with Crippen LogP contribution in [0.2, 0.25) is 0 Å². The normalized spacial score (nSPS) is 19.6. The van der Waals surface area contributed by atoms with Crippen molar-refractivity contribution in [2.24, 2.45) is 11.8 Å². The molecule has 1 saturated carbocycles. The second-order valence-electron chi connectivity index (χ2n) is 8.46. The summed E-state index contributed by atoms with van der Waals surface area (Å²) in [5.74, 6) is 1.58. The van der Waals surface area contributed by atoms with E-state index >= 15 is 0 Å². The predicted molar refractivity (Wildman–Crippen MR) is 107 cm³/mol. The van der Waals surface area contributed by atoms with Crippen molar-refractivity contribution in [1.29, 1.82) is 0 Å². The molecule has 1 heterocycles. The molecule has 1 aromatic rings. The molecule has 1 aromatic carbocycles. The lowest BCUT2D eigenvalue weighted by molar-refractivity contribution is 0.185. The highest BCUT2D eigenvalue weighted by atomic mass is 16.2. The van der Waals surface area contributed by atoms with Crippen LogP contribution in [0.1, 0.15) is 56.6 Å². The third-order valence-corrected chi connectivity index (χ3v) is 6.10. The summed E-state index contributed by atoms with van der Waals surface area (Å²) in [7, 11) is 1.91. The van der Waals surface area contributed by atoms with E-state index < -0.39 is 0 Å². The van der Waals surface area contributed by atoms with Crippen LogP contribution in [0.3, 0.4) is 0 Å². The molecule has 0 aromatic heterocycles. The summed E-state index contributed by atoms with van der Waals surface area (Å²) in [6.07, 6.45) is 7.83. The Balaban J connectivity index is 1.40. The van der Waals surface area contributed by atoms with E-state index in [4.69, 9.17) is 0 Å². The number of urea groups is 1. The number of hydrogen-bond acceptors (Lipinski definition) is 2. The Hall–Kier alpha value is -1.55. The van der Waals surface area contributed by atoms with Gasteiger partial charge < -0.3 is 10.2 Å². The summed E-state index contributed by atoms with van der Waals surface area (Å²) in [5, 5.41) is 3.05. The molecule has 1 N–H and O–H groups in total. The van der Waals surface area contributed by atoms with E-state index in [1.165, 1.54) is 62.7 Å². The van der Waals surface area contributed by atoms with Gasteiger partial charge in [0.05, 0.1) is 0 Å². The fourth-order valence-electron chi connectivity index (χ4n) is 4.22. The Morgan fingerprint density at radius 2 is 1.69 bits per heavy atom. The van der Waals surface area contributed by atoms with Crippen LogP contribution in [-0.2, 0) is 13.1 Å². The lowest BCUT2D eigenvalue weighted by Crippen LogP contribution is -2.39. The van der Waals surface area contributed by atoms with Gasteiger partial charge >= 0.3 is 6.03 Å². The lowest BCUT2D eigenvalue weighted by atomic mass is 9.99. The van der Waals surface area contributed by atoms with Gasteiger partial charge in [0.15, 0.2) is 0 Å². The summed E-state index contributed by atoms with van der Waals surface area (Å²) >= 11 is 0. The number of benzene rings is 1. The Kier molecular flexibility index (Phi) is 6.95. The highest BCUT2D eigenvalue weighted by molar-refractivity contribution is 5.73. The van der Waals surface area contributed by atoms with Gasteiger partial charge in [-0.2, -0.15) is 0 Å². The minimum Gasteiger partial charge on any atom is -0.334 e. The topological polar surface area (TPSA) is 35.6 Å². The van der Waals surface area contributed by atoms with Crippen LogP contribution in [0.25, 0.3) is 0 Å². The second-order valence-corrected chi connectivity index (χ2v) is 8.46. The molecule has 144 valence electrons. The van der Waals surface area contributed by atoms with Crippen molar-refractivity contribution in [3.05, 3.63) is 35.4 Å². The van der Waals surface area contributed by atoms with Crippen LogP contribution in [0.5, 0.6) is 0 Å². The minimum absolute atomic E-state index is 0.0448. The fraction of sp³-hybridized carbons (Fsp3) is 0.682. The Labute approximate surface area is 158 Å². The zero-order chi connectivity index (χ0) is 18.4. The SMILES string of the molecule is CC1CCN(Cc2ccc(CNC(=O)N(C)CC3CCCC3)cc2)CC1. The summed E-state index contributed by atoms with van der Waals surface area (Å²) in [4.78, 5) is 16.7. The molecule has 2 amide bonds. The van der Waals surface area contributed by atoms with Crippen LogP contribution in [0.4, 0.5) is 4.79 Å². The monoisotopic (exact) mass is 357 g/mol. The minimum atomic E-state index is 0.0448. The van der Waals surface area contributed by atoms with Crippen molar-refractivity contribution in [1.82, 2.24) is 15.1 Å². The van der Waals surface area contributed by atoms with E-state index in [-0.39, 0.29) is 6.03 Å². The van der Waals surface area contributed by atoms with E-state index in [2.05, 4.69) is 41.4 Å². The Morgan fingerprint density at radius 3 is 2.35 bits per heavy atom. The van der Waals surface area contributed by atoms with Gasteiger partial charge in [-0.05, 0) is 61.7 Å². The van der Waals surface area contributed by atoms with Gasteiger partial charge in [-0.15, -0.1) is 0 Å². The number of nitrogens with zero attached hydrogens (tertiary/aromatic N) is 2. The molecule has 0 atom stereocenters. The summed E-state index contributed by atoms with van der Waals surface area (Å²) in [6.45, 7) is 7.32. The largest absolute Gasteiger partial charge is 0.334 e. The molecular weight excluding hydrogens is 322 g/mol. The Bertz CT molecular complexity index is 557. The Morgan fingerprint density at radius 1 is 1.08 bits per heavy atom. The van der Waals surface area contributed by atoms with Gasteiger partial charge in [-0.1, -0.05) is 44.0 Å². The third kappa shape index (κ3) is 5.73. The van der Waals surface area contributed by atoms with Gasteiger partial charge in [-0.25, -0.2) is 4.79 Å². The first-order valence-corrected chi connectivity index (χ1v) is 10.4. The molecule has 0 radical (unpaired) electrons. The number of rotatable bonds is 6. The van der Waals surface area contributed by atoms with Gasteiger partial charge in [0.25, 0.3) is 0 Å². The summed E-state index contributed by atoms with van der Waals surface area (Å²) in [5.41, 5.74) is 2.54. The standard InChI is InChI=1S/C22H35N3O/c1-18-11-13-25(14-12-18)17-21-9-7-19(8-10-21)15-23-22(26)24(2)16-20-5-3-4-6-20/h7-10,18,20H,3-6,11-17H2,1-2H3,(H,23,26). The number of likely N-dealkylation sites (tertiary alicyclic amines) is 1. The average Bonchev–Trinajstić information content (AvgIpc) is 3.16. The third-order valence-electron chi connectivity index (χ3n) is 6.10. The van der Waals surface area contributed by atoms with Gasteiger partial charge in [0, 0.05) is 26.7 Å². The molecular formula is C22H35N3O. The maximum absolute atomic E-state index is 12.3. The number of carbonyl (C=O) groups is 1. The van der Waals surface area contributed by atoms with E-state index in [1.807, 2.05) is 11.9 Å². The van der Waals surface area contributed by atoms with Crippen molar-refractivity contribution in [3.63, 3.8) is 0 Å². The zero-order valence-electron chi connectivity index (χ0n) is 16.5. The average molecular weight is 358 g/mol. The molecule has 0 spiro atoms. The second kappa shape index (κ2) is 9.40. The molecule has 2 aliphatic rings. The zero-order valence-corrected chi connectivity index (χ0v) is 16.5. The summed E-state index contributed by atoms with van der Waals surface area (Å²) < 4.78 is 0. The van der Waals surface area contributed by atoms with Crippen LogP contribution in [0.15, 0.2) is 24.3 Å². The first-order chi connectivity index (χ1) is 12.6. The molecule has 2 fully saturated rings. The molecule has 4 heteroatoms. The van der Waals surface area contributed by atoms with Crippen LogP contribution >= 0.6 is 0 Å². The number of nitrogens with one attached hydrogen (secondary N) is 1. The van der Waals surface area contributed by atoms with Gasteiger partial charge in [-0.3, -0.25) is 4.90 Å². The predicted octanol–water partition coefficient (Wildman–Crippen LogP) is 4.25. The van der Waals surface area contributed by atoms with Gasteiger partial charge in [0.1, 0.15) is 0 Å². The molecule has 1 saturated heterocycles. The highest BCUT2D eigenvalue weighted by Crippen LogP contribution is 2.25. The molecule has 4 nitrogen and oxygen atoms in total. The number of amides is 2. The number of piperidine rings is 1. The van der Waals surface area contributed by atoms with E-state index in [0.29, 0.717) is 12.5 Å². The van der Waals surface area contributed by atoms with Gasteiger partial charge in [0.2, 0.25) is 0 Å². The summed E-state index contributed by atoms with van der Waals surface area (Å²) in [6, 6.07) is 8.77. The molecule has 1 aliphatic carbocycles. The molecule has 0 bridgehead atoms. The van der Waals surface area contributed by atoms with Crippen LogP contribution in [0, 0.1) is 11.8 Å². The first-order valence-electron chi connectivity index (χ1n) is 10.4. The number of hydrogen-bond donors (Lipinski definition) is 1. The maximum Gasteiger partial charge on any atom is 0.317 e. The van der Waals surface area contributed by atoms with Crippen molar-refractivity contribution >= 4 is 6.03 Å². The fourth-order valence-corrected chi connectivity index (χ4v) is 4.22. The molecule has 26 heavy (non-hydrogen) atoms. The highest BCUT2D eigenvalue weighted by Gasteiger charge is 2.19. The molecule has 3 rings (SSSR count). The van der Waals surface area contributed by atoms with Crippen molar-refractivity contribution < 1.29 is 4.79 Å².